The summed E-state index contributed by atoms with van der Waals surface area (Å²) in [6, 6.07) is 7.60. The number of ether oxygens (including phenoxy) is 5. The topological polar surface area (TPSA) is 109 Å². The molecular formula is C32H39Cl2FN2O7. The SMILES string of the molecule is COC(=O)CCc1cc(Cl)c(OCCCOCCCOCc2n[nH]c(C)c2CCCOc2cc(C(C)=O)ccc2F)c(Cl)c1. The van der Waals surface area contributed by atoms with E-state index in [0.29, 0.717) is 86.7 Å². The number of aryl methyl sites for hydroxylation is 2. The number of benzene rings is 2. The molecule has 0 aliphatic rings. The number of Topliss-reactive ketones (excluding diaryl/α,β-unsaturated/α-hetero) is 1. The Morgan fingerprint density at radius 3 is 2.30 bits per heavy atom. The zero-order valence-electron chi connectivity index (χ0n) is 25.3. The van der Waals surface area contributed by atoms with Gasteiger partial charge in [-0.2, -0.15) is 5.10 Å². The van der Waals surface area contributed by atoms with Gasteiger partial charge >= 0.3 is 5.97 Å². The van der Waals surface area contributed by atoms with Crippen LogP contribution in [0.3, 0.4) is 0 Å². The Bertz CT molecular complexity index is 1360. The van der Waals surface area contributed by atoms with Crippen LogP contribution in [0.25, 0.3) is 0 Å². The number of carbonyl (C=O) groups excluding carboxylic acids is 2. The van der Waals surface area contributed by atoms with Gasteiger partial charge < -0.3 is 23.7 Å². The number of hydrogen-bond donors (Lipinski definition) is 1. The smallest absolute Gasteiger partial charge is 0.305 e. The Balaban J connectivity index is 1.27. The van der Waals surface area contributed by atoms with Crippen LogP contribution in [-0.2, 0) is 38.5 Å². The number of rotatable bonds is 20. The van der Waals surface area contributed by atoms with E-state index >= 15 is 0 Å². The molecule has 0 unspecified atom stereocenters. The molecule has 3 rings (SSSR count). The van der Waals surface area contributed by atoms with Gasteiger partial charge in [-0.1, -0.05) is 23.2 Å². The average Bonchev–Trinajstić information content (AvgIpc) is 3.35. The number of nitrogens with one attached hydrogen (secondary N) is 1. The highest BCUT2D eigenvalue weighted by molar-refractivity contribution is 6.37. The summed E-state index contributed by atoms with van der Waals surface area (Å²) in [7, 11) is 1.35. The molecule has 0 saturated carbocycles. The minimum Gasteiger partial charge on any atom is -0.490 e. The van der Waals surface area contributed by atoms with Crippen LogP contribution < -0.4 is 9.47 Å². The number of ketones is 1. The van der Waals surface area contributed by atoms with E-state index in [4.69, 9.17) is 42.1 Å². The number of carbonyl (C=O) groups is 2. The lowest BCUT2D eigenvalue weighted by Crippen LogP contribution is -2.07. The number of esters is 1. The molecule has 0 radical (unpaired) electrons. The average molecular weight is 654 g/mol. The highest BCUT2D eigenvalue weighted by Gasteiger charge is 2.13. The van der Waals surface area contributed by atoms with Crippen molar-refractivity contribution < 1.29 is 37.7 Å². The van der Waals surface area contributed by atoms with Crippen molar-refractivity contribution in [3.05, 3.63) is 74.3 Å². The van der Waals surface area contributed by atoms with Gasteiger partial charge in [0.25, 0.3) is 0 Å². The second-order valence-corrected chi connectivity index (χ2v) is 10.9. The first kappa shape index (κ1) is 35.3. The minimum atomic E-state index is -0.493. The quantitative estimate of drug-likeness (QED) is 0.0800. The van der Waals surface area contributed by atoms with Crippen molar-refractivity contribution in [2.45, 2.75) is 59.0 Å². The second-order valence-electron chi connectivity index (χ2n) is 10.1. The van der Waals surface area contributed by atoms with Gasteiger partial charge in [0, 0.05) is 43.9 Å². The van der Waals surface area contributed by atoms with Crippen molar-refractivity contribution in [1.29, 1.82) is 0 Å². The standard InChI is InChI=1S/C32H39Cl2FN2O7/c1-21-25(7-4-15-43-30-19-24(22(2)38)9-10-28(30)35)29(37-36-21)20-42-14-5-12-41-13-6-16-44-32-26(33)17-23(18-27(32)34)8-11-31(39)40-3/h9-10,17-19H,4-8,11-16,20H2,1-3H3,(H,36,37). The molecule has 0 saturated heterocycles. The third kappa shape index (κ3) is 11.4. The summed E-state index contributed by atoms with van der Waals surface area (Å²) in [4.78, 5) is 22.9. The van der Waals surface area contributed by atoms with E-state index in [9.17, 15) is 14.0 Å². The predicted molar refractivity (Wildman–Crippen MR) is 166 cm³/mol. The van der Waals surface area contributed by atoms with Crippen LogP contribution in [0.2, 0.25) is 10.0 Å². The number of nitrogens with zero attached hydrogens (tertiary/aromatic N) is 1. The molecule has 0 fully saturated rings. The van der Waals surface area contributed by atoms with E-state index in [-0.39, 0.29) is 23.9 Å². The van der Waals surface area contributed by atoms with Gasteiger partial charge in [-0.15, -0.1) is 0 Å². The first-order chi connectivity index (χ1) is 21.2. The molecule has 3 aromatic rings. The highest BCUT2D eigenvalue weighted by Crippen LogP contribution is 2.34. The monoisotopic (exact) mass is 652 g/mol. The van der Waals surface area contributed by atoms with Crippen LogP contribution in [0.1, 0.15) is 65.5 Å². The predicted octanol–water partition coefficient (Wildman–Crippen LogP) is 6.88. The highest BCUT2D eigenvalue weighted by atomic mass is 35.5. The number of aromatic nitrogens is 2. The third-order valence-electron chi connectivity index (χ3n) is 6.73. The molecule has 1 N–H and O–H groups in total. The lowest BCUT2D eigenvalue weighted by atomic mass is 10.1. The van der Waals surface area contributed by atoms with E-state index < -0.39 is 5.82 Å². The summed E-state index contributed by atoms with van der Waals surface area (Å²) in [5, 5.41) is 8.15. The molecule has 0 aliphatic carbocycles. The van der Waals surface area contributed by atoms with Gasteiger partial charge in [0.15, 0.2) is 23.1 Å². The molecule has 0 bridgehead atoms. The van der Waals surface area contributed by atoms with E-state index in [1.807, 2.05) is 6.92 Å². The molecule has 0 spiro atoms. The van der Waals surface area contributed by atoms with Crippen molar-refractivity contribution in [3.8, 4) is 11.5 Å². The van der Waals surface area contributed by atoms with E-state index in [1.54, 1.807) is 12.1 Å². The number of H-pyrrole nitrogens is 1. The molecule has 0 aliphatic heterocycles. The molecule has 0 atom stereocenters. The normalized spacial score (nSPS) is 11.0. The number of halogens is 3. The minimum absolute atomic E-state index is 0.0773. The summed E-state index contributed by atoms with van der Waals surface area (Å²) < 4.78 is 41.5. The van der Waals surface area contributed by atoms with Crippen molar-refractivity contribution >= 4 is 35.0 Å². The Morgan fingerprint density at radius 2 is 1.59 bits per heavy atom. The van der Waals surface area contributed by atoms with Crippen molar-refractivity contribution in [2.75, 3.05) is 40.1 Å². The molecule has 1 heterocycles. The third-order valence-corrected chi connectivity index (χ3v) is 7.29. The maximum Gasteiger partial charge on any atom is 0.305 e. The first-order valence-corrected chi connectivity index (χ1v) is 15.2. The van der Waals surface area contributed by atoms with Gasteiger partial charge in [-0.3, -0.25) is 14.7 Å². The Labute approximate surface area is 267 Å². The Hall–Kier alpha value is -3.18. The molecular weight excluding hydrogens is 614 g/mol. The molecule has 12 heteroatoms. The van der Waals surface area contributed by atoms with Gasteiger partial charge in [0.2, 0.25) is 0 Å². The zero-order valence-corrected chi connectivity index (χ0v) is 26.8. The molecule has 0 amide bonds. The van der Waals surface area contributed by atoms with Gasteiger partial charge in [0.05, 0.1) is 42.7 Å². The Morgan fingerprint density at radius 1 is 0.909 bits per heavy atom. The molecule has 240 valence electrons. The summed E-state index contributed by atoms with van der Waals surface area (Å²) in [5.74, 6) is -0.440. The fourth-order valence-electron chi connectivity index (χ4n) is 4.33. The van der Waals surface area contributed by atoms with Crippen LogP contribution in [-0.4, -0.2) is 62.1 Å². The first-order valence-electron chi connectivity index (χ1n) is 14.5. The second kappa shape index (κ2) is 18.6. The van der Waals surface area contributed by atoms with Crippen molar-refractivity contribution in [1.82, 2.24) is 10.2 Å². The van der Waals surface area contributed by atoms with Crippen LogP contribution in [0.5, 0.6) is 11.5 Å². The van der Waals surface area contributed by atoms with Gasteiger partial charge in [-0.05, 0) is 81.0 Å². The number of hydrogen-bond acceptors (Lipinski definition) is 8. The van der Waals surface area contributed by atoms with E-state index in [2.05, 4.69) is 14.9 Å². The molecule has 44 heavy (non-hydrogen) atoms. The van der Waals surface area contributed by atoms with Crippen LogP contribution in [0.4, 0.5) is 4.39 Å². The lowest BCUT2D eigenvalue weighted by Gasteiger charge is -2.12. The van der Waals surface area contributed by atoms with Crippen molar-refractivity contribution in [2.24, 2.45) is 0 Å². The van der Waals surface area contributed by atoms with E-state index in [1.165, 1.54) is 32.2 Å². The summed E-state index contributed by atoms with van der Waals surface area (Å²) in [6.45, 7) is 6.02. The lowest BCUT2D eigenvalue weighted by molar-refractivity contribution is -0.140. The van der Waals surface area contributed by atoms with Crippen molar-refractivity contribution in [3.63, 3.8) is 0 Å². The summed E-state index contributed by atoms with van der Waals surface area (Å²) >= 11 is 12.6. The number of methoxy groups -OCH3 is 1. The molecule has 2 aromatic carbocycles. The maximum atomic E-state index is 14.0. The van der Waals surface area contributed by atoms with Crippen LogP contribution in [0, 0.1) is 12.7 Å². The van der Waals surface area contributed by atoms with Crippen LogP contribution in [0.15, 0.2) is 30.3 Å². The van der Waals surface area contributed by atoms with Gasteiger partial charge in [-0.25, -0.2) is 4.39 Å². The number of aromatic amines is 1. The summed E-state index contributed by atoms with van der Waals surface area (Å²) in [5.41, 5.74) is 4.09. The van der Waals surface area contributed by atoms with Gasteiger partial charge in [0.1, 0.15) is 0 Å². The van der Waals surface area contributed by atoms with E-state index in [0.717, 1.165) is 28.9 Å². The van der Waals surface area contributed by atoms with Crippen LogP contribution >= 0.6 is 23.2 Å². The summed E-state index contributed by atoms with van der Waals surface area (Å²) in [6.07, 6.45) is 3.45. The fraction of sp³-hybridized carbons (Fsp3) is 0.469. The fourth-order valence-corrected chi connectivity index (χ4v) is 4.97. The Kier molecular flexibility index (Phi) is 14.9. The molecule has 1 aromatic heterocycles. The maximum absolute atomic E-state index is 14.0. The molecule has 9 nitrogen and oxygen atoms in total. The largest absolute Gasteiger partial charge is 0.490 e. The zero-order chi connectivity index (χ0) is 31.9.